The van der Waals surface area contributed by atoms with Gasteiger partial charge in [-0.05, 0) is 26.2 Å². The highest BCUT2D eigenvalue weighted by Gasteiger charge is 2.21. The van der Waals surface area contributed by atoms with Crippen LogP contribution in [0.2, 0.25) is 0 Å². The van der Waals surface area contributed by atoms with Gasteiger partial charge in [0.15, 0.2) is 0 Å². The van der Waals surface area contributed by atoms with Gasteiger partial charge in [-0.25, -0.2) is 9.97 Å². The average Bonchev–Trinajstić information content (AvgIpc) is 3.09. The van der Waals surface area contributed by atoms with Crippen molar-refractivity contribution >= 4 is 11.6 Å². The standard InChI is InChI=1S/C13H22N4/c1-4-5-8-17(3)13-9-12(14-10(2)15-13)16-11-6-7-11/h9,11H,4-8H2,1-3H3,(H,14,15,16). The number of aryl methyl sites for hydroxylation is 1. The molecule has 0 amide bonds. The van der Waals surface area contributed by atoms with Crippen LogP contribution in [0.5, 0.6) is 0 Å². The van der Waals surface area contributed by atoms with E-state index in [0.717, 1.165) is 24.0 Å². The van der Waals surface area contributed by atoms with E-state index in [-0.39, 0.29) is 0 Å². The minimum absolute atomic E-state index is 0.637. The highest BCUT2D eigenvalue weighted by Crippen LogP contribution is 2.25. The number of hydrogen-bond acceptors (Lipinski definition) is 4. The minimum atomic E-state index is 0.637. The zero-order chi connectivity index (χ0) is 12.3. The summed E-state index contributed by atoms with van der Waals surface area (Å²) in [6, 6.07) is 2.69. The lowest BCUT2D eigenvalue weighted by molar-refractivity contribution is 0.756. The second-order valence-corrected chi connectivity index (χ2v) is 4.85. The Morgan fingerprint density at radius 2 is 2.18 bits per heavy atom. The third-order valence-corrected chi connectivity index (χ3v) is 2.99. The molecule has 94 valence electrons. The molecule has 0 unspecified atom stereocenters. The quantitative estimate of drug-likeness (QED) is 0.821. The number of rotatable bonds is 6. The molecule has 4 heteroatoms. The summed E-state index contributed by atoms with van der Waals surface area (Å²) >= 11 is 0. The first-order chi connectivity index (χ1) is 8.19. The normalized spacial score (nSPS) is 14.8. The highest BCUT2D eigenvalue weighted by molar-refractivity contribution is 5.49. The Morgan fingerprint density at radius 3 is 2.82 bits per heavy atom. The fraction of sp³-hybridized carbons (Fsp3) is 0.692. The Morgan fingerprint density at radius 1 is 1.41 bits per heavy atom. The predicted molar refractivity (Wildman–Crippen MR) is 71.6 cm³/mol. The van der Waals surface area contributed by atoms with Crippen molar-refractivity contribution in [2.45, 2.75) is 45.6 Å². The molecule has 0 aromatic carbocycles. The number of aromatic nitrogens is 2. The van der Waals surface area contributed by atoms with Gasteiger partial charge in [-0.3, -0.25) is 0 Å². The van der Waals surface area contributed by atoms with E-state index in [0.29, 0.717) is 6.04 Å². The zero-order valence-electron chi connectivity index (χ0n) is 11.0. The topological polar surface area (TPSA) is 41.0 Å². The van der Waals surface area contributed by atoms with E-state index in [1.165, 1.54) is 25.7 Å². The van der Waals surface area contributed by atoms with E-state index >= 15 is 0 Å². The largest absolute Gasteiger partial charge is 0.367 e. The molecule has 0 aliphatic heterocycles. The number of unbranched alkanes of at least 4 members (excludes halogenated alkanes) is 1. The van der Waals surface area contributed by atoms with Gasteiger partial charge in [-0.15, -0.1) is 0 Å². The third-order valence-electron chi connectivity index (χ3n) is 2.99. The Kier molecular flexibility index (Phi) is 3.82. The first-order valence-electron chi connectivity index (χ1n) is 6.52. The molecule has 0 radical (unpaired) electrons. The lowest BCUT2D eigenvalue weighted by Gasteiger charge is -2.19. The van der Waals surface area contributed by atoms with Crippen molar-refractivity contribution in [3.05, 3.63) is 11.9 Å². The first-order valence-corrected chi connectivity index (χ1v) is 6.52. The van der Waals surface area contributed by atoms with Crippen molar-refractivity contribution in [2.75, 3.05) is 23.8 Å². The molecule has 4 nitrogen and oxygen atoms in total. The second-order valence-electron chi connectivity index (χ2n) is 4.85. The molecule has 1 aromatic heterocycles. The maximum absolute atomic E-state index is 4.49. The molecule has 17 heavy (non-hydrogen) atoms. The Bertz CT molecular complexity index is 374. The SMILES string of the molecule is CCCCN(C)c1cc(NC2CC2)nc(C)n1. The van der Waals surface area contributed by atoms with Crippen LogP contribution in [0, 0.1) is 6.92 Å². The Balaban J connectivity index is 2.06. The predicted octanol–water partition coefficient (Wildman–Crippen LogP) is 2.60. The van der Waals surface area contributed by atoms with Crippen LogP contribution < -0.4 is 10.2 Å². The molecule has 1 heterocycles. The van der Waals surface area contributed by atoms with Crippen LogP contribution in [0.15, 0.2) is 6.07 Å². The molecule has 1 aliphatic rings. The van der Waals surface area contributed by atoms with Crippen LogP contribution in [-0.2, 0) is 0 Å². The monoisotopic (exact) mass is 234 g/mol. The number of anilines is 2. The summed E-state index contributed by atoms with van der Waals surface area (Å²) in [7, 11) is 2.10. The molecule has 1 saturated carbocycles. The van der Waals surface area contributed by atoms with E-state index in [4.69, 9.17) is 0 Å². The van der Waals surface area contributed by atoms with Gasteiger partial charge in [0.25, 0.3) is 0 Å². The molecule has 0 bridgehead atoms. The van der Waals surface area contributed by atoms with Gasteiger partial charge in [0.1, 0.15) is 17.5 Å². The maximum atomic E-state index is 4.49. The number of hydrogen-bond donors (Lipinski definition) is 1. The summed E-state index contributed by atoms with van der Waals surface area (Å²) in [5.74, 6) is 2.83. The Labute approximate surface area is 103 Å². The fourth-order valence-corrected chi connectivity index (χ4v) is 1.77. The van der Waals surface area contributed by atoms with E-state index in [1.807, 2.05) is 6.92 Å². The number of nitrogens with one attached hydrogen (secondary N) is 1. The van der Waals surface area contributed by atoms with Gasteiger partial charge in [0, 0.05) is 25.7 Å². The smallest absolute Gasteiger partial charge is 0.134 e. The van der Waals surface area contributed by atoms with Crippen molar-refractivity contribution in [1.29, 1.82) is 0 Å². The lowest BCUT2D eigenvalue weighted by atomic mass is 10.3. The summed E-state index contributed by atoms with van der Waals surface area (Å²) in [5, 5.41) is 3.43. The highest BCUT2D eigenvalue weighted by atomic mass is 15.2. The van der Waals surface area contributed by atoms with E-state index < -0.39 is 0 Å². The summed E-state index contributed by atoms with van der Waals surface area (Å²) in [6.45, 7) is 5.21. The van der Waals surface area contributed by atoms with Gasteiger partial charge in [0.05, 0.1) is 0 Å². The zero-order valence-corrected chi connectivity index (χ0v) is 11.0. The minimum Gasteiger partial charge on any atom is -0.367 e. The average molecular weight is 234 g/mol. The molecular weight excluding hydrogens is 212 g/mol. The van der Waals surface area contributed by atoms with Crippen molar-refractivity contribution in [2.24, 2.45) is 0 Å². The van der Waals surface area contributed by atoms with Crippen LogP contribution in [-0.4, -0.2) is 29.6 Å². The summed E-state index contributed by atoms with van der Waals surface area (Å²) in [6.07, 6.45) is 4.95. The number of nitrogens with zero attached hydrogens (tertiary/aromatic N) is 3. The molecule has 0 saturated heterocycles. The van der Waals surface area contributed by atoms with Crippen LogP contribution >= 0.6 is 0 Å². The lowest BCUT2D eigenvalue weighted by Crippen LogP contribution is -2.20. The van der Waals surface area contributed by atoms with Gasteiger partial charge in [-0.1, -0.05) is 13.3 Å². The van der Waals surface area contributed by atoms with Crippen molar-refractivity contribution < 1.29 is 0 Å². The van der Waals surface area contributed by atoms with E-state index in [1.54, 1.807) is 0 Å². The Hall–Kier alpha value is -1.32. The molecule has 1 aliphatic carbocycles. The molecule has 1 fully saturated rings. The molecule has 1 N–H and O–H groups in total. The third kappa shape index (κ3) is 3.58. The maximum Gasteiger partial charge on any atom is 0.134 e. The summed E-state index contributed by atoms with van der Waals surface area (Å²) < 4.78 is 0. The molecular formula is C13H22N4. The van der Waals surface area contributed by atoms with Gasteiger partial charge in [-0.2, -0.15) is 0 Å². The van der Waals surface area contributed by atoms with Crippen LogP contribution in [0.4, 0.5) is 11.6 Å². The first kappa shape index (κ1) is 12.1. The summed E-state index contributed by atoms with van der Waals surface area (Å²) in [5.41, 5.74) is 0. The van der Waals surface area contributed by atoms with Gasteiger partial charge >= 0.3 is 0 Å². The van der Waals surface area contributed by atoms with E-state index in [9.17, 15) is 0 Å². The van der Waals surface area contributed by atoms with Crippen LogP contribution in [0.25, 0.3) is 0 Å². The summed E-state index contributed by atoms with van der Waals surface area (Å²) in [4.78, 5) is 11.1. The van der Waals surface area contributed by atoms with Crippen LogP contribution in [0.3, 0.4) is 0 Å². The molecule has 0 spiro atoms. The molecule has 0 atom stereocenters. The van der Waals surface area contributed by atoms with Gasteiger partial charge < -0.3 is 10.2 Å². The van der Waals surface area contributed by atoms with Crippen molar-refractivity contribution in [3.8, 4) is 0 Å². The fourth-order valence-electron chi connectivity index (χ4n) is 1.77. The van der Waals surface area contributed by atoms with Crippen molar-refractivity contribution in [3.63, 3.8) is 0 Å². The second kappa shape index (κ2) is 5.34. The molecule has 2 rings (SSSR count). The van der Waals surface area contributed by atoms with Gasteiger partial charge in [0.2, 0.25) is 0 Å². The van der Waals surface area contributed by atoms with E-state index in [2.05, 4.69) is 40.2 Å². The molecule has 1 aromatic rings. The van der Waals surface area contributed by atoms with Crippen molar-refractivity contribution in [1.82, 2.24) is 9.97 Å². The van der Waals surface area contributed by atoms with Crippen LogP contribution in [0.1, 0.15) is 38.4 Å².